The van der Waals surface area contributed by atoms with Crippen molar-refractivity contribution in [3.05, 3.63) is 23.8 Å². The van der Waals surface area contributed by atoms with E-state index >= 15 is 0 Å². The number of hydrogen-bond donors (Lipinski definition) is 1. The van der Waals surface area contributed by atoms with Crippen molar-refractivity contribution in [1.82, 2.24) is 0 Å². The highest BCUT2D eigenvalue weighted by molar-refractivity contribution is 5.43. The molecule has 0 fully saturated rings. The zero-order valence-corrected chi connectivity index (χ0v) is 12.6. The second kappa shape index (κ2) is 7.16. The highest BCUT2D eigenvalue weighted by Crippen LogP contribution is 2.31. The van der Waals surface area contributed by atoms with Gasteiger partial charge < -0.3 is 14.6 Å². The molecule has 4 heteroatoms. The molecule has 0 aromatic heterocycles. The molecule has 0 saturated heterocycles. The number of nitrogens with zero attached hydrogens (tertiary/aromatic N) is 1. The Kier molecular flexibility index (Phi) is 5.84. The molecule has 0 heterocycles. The van der Waals surface area contributed by atoms with Gasteiger partial charge in [-0.1, -0.05) is 19.4 Å². The van der Waals surface area contributed by atoms with Gasteiger partial charge in [-0.3, -0.25) is 0 Å². The summed E-state index contributed by atoms with van der Waals surface area (Å²) in [4.78, 5) is 0. The normalized spacial score (nSPS) is 15.0. The van der Waals surface area contributed by atoms with Gasteiger partial charge in [-0.2, -0.15) is 5.26 Å². The Balaban J connectivity index is 2.94. The molecule has 1 aromatic rings. The van der Waals surface area contributed by atoms with Crippen LogP contribution in [0.2, 0.25) is 0 Å². The van der Waals surface area contributed by atoms with Crippen LogP contribution in [0.3, 0.4) is 0 Å². The lowest BCUT2D eigenvalue weighted by Gasteiger charge is -2.28. The van der Waals surface area contributed by atoms with Crippen LogP contribution in [0, 0.1) is 17.2 Å². The predicted molar refractivity (Wildman–Crippen MR) is 77.9 cm³/mol. The van der Waals surface area contributed by atoms with Crippen LogP contribution in [-0.2, 0) is 6.42 Å². The Labute approximate surface area is 120 Å². The fourth-order valence-corrected chi connectivity index (χ4v) is 2.33. The number of nitriles is 1. The summed E-state index contributed by atoms with van der Waals surface area (Å²) in [5.74, 6) is 0.909. The van der Waals surface area contributed by atoms with Crippen molar-refractivity contribution >= 4 is 0 Å². The van der Waals surface area contributed by atoms with Crippen molar-refractivity contribution in [3.63, 3.8) is 0 Å². The summed E-state index contributed by atoms with van der Waals surface area (Å²) in [6, 6.07) is 7.75. The third-order valence-corrected chi connectivity index (χ3v) is 3.49. The number of methoxy groups -OCH3 is 2. The lowest BCUT2D eigenvalue weighted by atomic mass is 9.82. The fraction of sp³-hybridized carbons (Fsp3) is 0.562. The van der Waals surface area contributed by atoms with Crippen molar-refractivity contribution in [2.45, 2.75) is 38.7 Å². The fourth-order valence-electron chi connectivity index (χ4n) is 2.33. The largest absolute Gasteiger partial charge is 0.493 e. The SMILES string of the molecule is CCCC(C#N)C(C)(O)Cc1ccc(OC)c(OC)c1. The molecule has 1 N–H and O–H groups in total. The van der Waals surface area contributed by atoms with Crippen molar-refractivity contribution in [2.75, 3.05) is 14.2 Å². The second-order valence-electron chi connectivity index (χ2n) is 5.19. The quantitative estimate of drug-likeness (QED) is 0.832. The molecular formula is C16H23NO3. The lowest BCUT2D eigenvalue weighted by molar-refractivity contribution is 0.0178. The van der Waals surface area contributed by atoms with Crippen molar-refractivity contribution in [2.24, 2.45) is 5.92 Å². The van der Waals surface area contributed by atoms with Crippen LogP contribution in [0.1, 0.15) is 32.3 Å². The molecule has 0 spiro atoms. The maximum Gasteiger partial charge on any atom is 0.160 e. The summed E-state index contributed by atoms with van der Waals surface area (Å²) in [7, 11) is 3.16. The molecule has 110 valence electrons. The van der Waals surface area contributed by atoms with E-state index in [1.54, 1.807) is 21.1 Å². The number of ether oxygens (including phenoxy) is 2. The van der Waals surface area contributed by atoms with Crippen LogP contribution in [0.25, 0.3) is 0 Å². The van der Waals surface area contributed by atoms with Crippen molar-refractivity contribution in [3.8, 4) is 17.6 Å². The molecule has 20 heavy (non-hydrogen) atoms. The number of rotatable bonds is 7. The number of aliphatic hydroxyl groups is 1. The van der Waals surface area contributed by atoms with E-state index in [0.717, 1.165) is 12.0 Å². The van der Waals surface area contributed by atoms with E-state index in [-0.39, 0.29) is 5.92 Å². The summed E-state index contributed by atoms with van der Waals surface area (Å²) < 4.78 is 10.4. The Morgan fingerprint density at radius 3 is 2.45 bits per heavy atom. The average molecular weight is 277 g/mol. The molecule has 0 aliphatic carbocycles. The van der Waals surface area contributed by atoms with E-state index in [2.05, 4.69) is 6.07 Å². The number of hydrogen-bond acceptors (Lipinski definition) is 4. The maximum atomic E-state index is 10.6. The van der Waals surface area contributed by atoms with E-state index < -0.39 is 5.60 Å². The molecule has 1 aromatic carbocycles. The van der Waals surface area contributed by atoms with E-state index in [0.29, 0.717) is 24.3 Å². The summed E-state index contributed by atoms with van der Waals surface area (Å²) >= 11 is 0. The lowest BCUT2D eigenvalue weighted by Crippen LogP contribution is -2.36. The first-order valence-corrected chi connectivity index (χ1v) is 6.81. The minimum atomic E-state index is -1.05. The van der Waals surface area contributed by atoms with E-state index in [1.807, 2.05) is 25.1 Å². The van der Waals surface area contributed by atoms with Crippen LogP contribution >= 0.6 is 0 Å². The zero-order chi connectivity index (χ0) is 15.2. The van der Waals surface area contributed by atoms with Gasteiger partial charge in [-0.15, -0.1) is 0 Å². The van der Waals surface area contributed by atoms with Crippen LogP contribution in [0.15, 0.2) is 18.2 Å². The van der Waals surface area contributed by atoms with Gasteiger partial charge in [0.15, 0.2) is 11.5 Å². The molecule has 0 aliphatic rings. The molecule has 0 bridgehead atoms. The van der Waals surface area contributed by atoms with Crippen LogP contribution in [0.4, 0.5) is 0 Å². The van der Waals surface area contributed by atoms with E-state index in [9.17, 15) is 10.4 Å². The Morgan fingerprint density at radius 1 is 1.30 bits per heavy atom. The van der Waals surface area contributed by atoms with Crippen LogP contribution in [-0.4, -0.2) is 24.9 Å². The van der Waals surface area contributed by atoms with Crippen LogP contribution < -0.4 is 9.47 Å². The van der Waals surface area contributed by atoms with Gasteiger partial charge in [0, 0.05) is 6.42 Å². The predicted octanol–water partition coefficient (Wildman–Crippen LogP) is 2.94. The molecule has 4 nitrogen and oxygen atoms in total. The third kappa shape index (κ3) is 3.88. The molecule has 0 saturated carbocycles. The Hall–Kier alpha value is -1.73. The zero-order valence-electron chi connectivity index (χ0n) is 12.6. The second-order valence-corrected chi connectivity index (χ2v) is 5.19. The molecule has 0 amide bonds. The summed E-state index contributed by atoms with van der Waals surface area (Å²) in [6.45, 7) is 3.73. The summed E-state index contributed by atoms with van der Waals surface area (Å²) in [5, 5.41) is 19.8. The third-order valence-electron chi connectivity index (χ3n) is 3.49. The van der Waals surface area contributed by atoms with Gasteiger partial charge in [-0.25, -0.2) is 0 Å². The van der Waals surface area contributed by atoms with Gasteiger partial charge in [0.05, 0.1) is 31.8 Å². The Morgan fingerprint density at radius 2 is 1.95 bits per heavy atom. The van der Waals surface area contributed by atoms with Gasteiger partial charge >= 0.3 is 0 Å². The van der Waals surface area contributed by atoms with Crippen molar-refractivity contribution in [1.29, 1.82) is 5.26 Å². The van der Waals surface area contributed by atoms with E-state index in [1.165, 1.54) is 0 Å². The molecule has 2 atom stereocenters. The molecular weight excluding hydrogens is 254 g/mol. The summed E-state index contributed by atoms with van der Waals surface area (Å²) in [5.41, 5.74) is -0.131. The summed E-state index contributed by atoms with van der Waals surface area (Å²) in [6.07, 6.45) is 1.97. The Bertz CT molecular complexity index is 477. The number of benzene rings is 1. The van der Waals surface area contributed by atoms with Gasteiger partial charge in [0.25, 0.3) is 0 Å². The van der Waals surface area contributed by atoms with E-state index in [4.69, 9.17) is 9.47 Å². The van der Waals surface area contributed by atoms with Gasteiger partial charge in [0.2, 0.25) is 0 Å². The first-order chi connectivity index (χ1) is 9.48. The highest BCUT2D eigenvalue weighted by atomic mass is 16.5. The van der Waals surface area contributed by atoms with Crippen molar-refractivity contribution < 1.29 is 14.6 Å². The molecule has 0 aliphatic heterocycles. The smallest absolute Gasteiger partial charge is 0.160 e. The van der Waals surface area contributed by atoms with Gasteiger partial charge in [-0.05, 0) is 31.0 Å². The average Bonchev–Trinajstić information content (AvgIpc) is 2.43. The highest BCUT2D eigenvalue weighted by Gasteiger charge is 2.31. The monoisotopic (exact) mass is 277 g/mol. The first kappa shape index (κ1) is 16.3. The minimum Gasteiger partial charge on any atom is -0.493 e. The molecule has 1 rings (SSSR count). The minimum absolute atomic E-state index is 0.374. The standard InChI is InChI=1S/C16H23NO3/c1-5-6-13(11-17)16(2,18)10-12-7-8-14(19-3)15(9-12)20-4/h7-9,13,18H,5-6,10H2,1-4H3. The topological polar surface area (TPSA) is 62.5 Å². The van der Waals surface area contributed by atoms with Gasteiger partial charge in [0.1, 0.15) is 0 Å². The first-order valence-electron chi connectivity index (χ1n) is 6.81. The maximum absolute atomic E-state index is 10.6. The molecule has 2 unspecified atom stereocenters. The van der Waals surface area contributed by atoms with Crippen LogP contribution in [0.5, 0.6) is 11.5 Å². The molecule has 0 radical (unpaired) electrons.